The smallest absolute Gasteiger partial charge is 0.416 e. The molecule has 98 valence electrons. The van der Waals surface area contributed by atoms with Crippen LogP contribution in [0.2, 0.25) is 0 Å². The summed E-state index contributed by atoms with van der Waals surface area (Å²) >= 11 is 0. The highest BCUT2D eigenvalue weighted by molar-refractivity contribution is 5.41. The van der Waals surface area contributed by atoms with Gasteiger partial charge in [0.2, 0.25) is 0 Å². The van der Waals surface area contributed by atoms with Crippen molar-refractivity contribution in [2.75, 3.05) is 6.61 Å². The maximum Gasteiger partial charge on any atom is 0.416 e. The van der Waals surface area contributed by atoms with Crippen LogP contribution in [0.1, 0.15) is 37.3 Å². The molecular weight excluding hydrogens is 241 g/mol. The Bertz CT molecular complexity index is 443. The van der Waals surface area contributed by atoms with E-state index in [0.717, 1.165) is 12.1 Å². The molecule has 0 spiro atoms. The first kappa shape index (κ1) is 14.4. The monoisotopic (exact) mass is 256 g/mol. The number of ether oxygens (including phenoxy) is 1. The van der Waals surface area contributed by atoms with Crippen molar-refractivity contribution in [2.24, 2.45) is 0 Å². The fraction of sp³-hybridized carbons (Fsp3) is 0.429. The quantitative estimate of drug-likeness (QED) is 0.732. The first-order valence-electron chi connectivity index (χ1n) is 5.67. The molecule has 0 aliphatic heterocycles. The van der Waals surface area contributed by atoms with Crippen molar-refractivity contribution in [3.63, 3.8) is 0 Å². The Labute approximate surface area is 105 Å². The predicted molar refractivity (Wildman–Crippen MR) is 64.5 cm³/mol. The SMILES string of the molecule is C#CCC(C)c1cc(C(F)(F)F)ccc1OCC. The normalized spacial score (nSPS) is 12.9. The Morgan fingerprint density at radius 3 is 2.56 bits per heavy atom. The van der Waals surface area contributed by atoms with Crippen molar-refractivity contribution >= 4 is 0 Å². The van der Waals surface area contributed by atoms with Crippen molar-refractivity contribution in [3.05, 3.63) is 29.3 Å². The fourth-order valence-corrected chi connectivity index (χ4v) is 1.68. The summed E-state index contributed by atoms with van der Waals surface area (Å²) in [6.45, 7) is 3.98. The lowest BCUT2D eigenvalue weighted by Crippen LogP contribution is -2.08. The van der Waals surface area contributed by atoms with Gasteiger partial charge in [-0.25, -0.2) is 0 Å². The van der Waals surface area contributed by atoms with Gasteiger partial charge in [0, 0.05) is 6.42 Å². The molecule has 0 fully saturated rings. The number of halogens is 3. The van der Waals surface area contributed by atoms with Crippen molar-refractivity contribution < 1.29 is 17.9 Å². The highest BCUT2D eigenvalue weighted by Crippen LogP contribution is 2.36. The minimum Gasteiger partial charge on any atom is -0.494 e. The van der Waals surface area contributed by atoms with E-state index in [1.165, 1.54) is 6.07 Å². The molecule has 0 aliphatic rings. The number of hydrogen-bond donors (Lipinski definition) is 0. The van der Waals surface area contributed by atoms with E-state index in [1.807, 2.05) is 0 Å². The van der Waals surface area contributed by atoms with Gasteiger partial charge in [0.05, 0.1) is 12.2 Å². The Balaban J connectivity index is 3.20. The number of rotatable bonds is 4. The van der Waals surface area contributed by atoms with Gasteiger partial charge in [-0.05, 0) is 36.6 Å². The molecule has 0 aromatic heterocycles. The zero-order chi connectivity index (χ0) is 13.8. The number of hydrogen-bond acceptors (Lipinski definition) is 1. The Morgan fingerprint density at radius 1 is 1.39 bits per heavy atom. The standard InChI is InChI=1S/C14H15F3O/c1-4-6-10(3)12-9-11(14(15,16)17)7-8-13(12)18-5-2/h1,7-10H,5-6H2,2-3H3. The third kappa shape index (κ3) is 3.43. The third-order valence-electron chi connectivity index (χ3n) is 2.59. The van der Waals surface area contributed by atoms with E-state index in [4.69, 9.17) is 11.2 Å². The molecule has 0 bridgehead atoms. The van der Waals surface area contributed by atoms with Crippen molar-refractivity contribution in [2.45, 2.75) is 32.4 Å². The molecule has 0 saturated heterocycles. The summed E-state index contributed by atoms with van der Waals surface area (Å²) in [5.74, 6) is 2.75. The molecule has 1 nitrogen and oxygen atoms in total. The maximum absolute atomic E-state index is 12.7. The first-order valence-corrected chi connectivity index (χ1v) is 5.67. The highest BCUT2D eigenvalue weighted by atomic mass is 19.4. The van der Waals surface area contributed by atoms with Gasteiger partial charge < -0.3 is 4.74 Å². The molecule has 1 atom stereocenters. The van der Waals surface area contributed by atoms with E-state index in [9.17, 15) is 13.2 Å². The molecule has 1 unspecified atom stereocenters. The third-order valence-corrected chi connectivity index (χ3v) is 2.59. The van der Waals surface area contributed by atoms with Gasteiger partial charge in [0.15, 0.2) is 0 Å². The zero-order valence-corrected chi connectivity index (χ0v) is 10.3. The Morgan fingerprint density at radius 2 is 2.06 bits per heavy atom. The van der Waals surface area contributed by atoms with Crippen LogP contribution >= 0.6 is 0 Å². The second kappa shape index (κ2) is 5.81. The average molecular weight is 256 g/mol. The minimum absolute atomic E-state index is 0.168. The predicted octanol–water partition coefficient (Wildman–Crippen LogP) is 4.23. The van der Waals surface area contributed by atoms with Gasteiger partial charge >= 0.3 is 6.18 Å². The van der Waals surface area contributed by atoms with Crippen molar-refractivity contribution in [1.29, 1.82) is 0 Å². The van der Waals surface area contributed by atoms with Crippen LogP contribution in [0.5, 0.6) is 5.75 Å². The van der Waals surface area contributed by atoms with Crippen LogP contribution < -0.4 is 4.74 Å². The molecule has 4 heteroatoms. The molecule has 1 aromatic carbocycles. The molecule has 1 aromatic rings. The van der Waals surface area contributed by atoms with Crippen LogP contribution in [0, 0.1) is 12.3 Å². The van der Waals surface area contributed by atoms with Crippen LogP contribution in [-0.2, 0) is 6.18 Å². The Kier molecular flexibility index (Phi) is 4.66. The Hall–Kier alpha value is -1.63. The van der Waals surface area contributed by atoms with E-state index >= 15 is 0 Å². The lowest BCUT2D eigenvalue weighted by atomic mass is 9.95. The van der Waals surface area contributed by atoms with E-state index in [1.54, 1.807) is 13.8 Å². The molecule has 18 heavy (non-hydrogen) atoms. The summed E-state index contributed by atoms with van der Waals surface area (Å²) in [5, 5.41) is 0. The first-order chi connectivity index (χ1) is 8.40. The topological polar surface area (TPSA) is 9.23 Å². The van der Waals surface area contributed by atoms with Crippen molar-refractivity contribution in [1.82, 2.24) is 0 Å². The van der Waals surface area contributed by atoms with Gasteiger partial charge in [-0.3, -0.25) is 0 Å². The van der Waals surface area contributed by atoms with E-state index in [2.05, 4.69) is 5.92 Å². The average Bonchev–Trinajstić information content (AvgIpc) is 2.28. The zero-order valence-electron chi connectivity index (χ0n) is 10.3. The van der Waals surface area contributed by atoms with Crippen LogP contribution in [0.3, 0.4) is 0 Å². The van der Waals surface area contributed by atoms with E-state index in [-0.39, 0.29) is 5.92 Å². The molecule has 0 heterocycles. The second-order valence-corrected chi connectivity index (χ2v) is 3.99. The van der Waals surface area contributed by atoms with Gasteiger partial charge in [-0.2, -0.15) is 13.2 Å². The second-order valence-electron chi connectivity index (χ2n) is 3.99. The highest BCUT2D eigenvalue weighted by Gasteiger charge is 2.31. The van der Waals surface area contributed by atoms with Crippen LogP contribution in [0.4, 0.5) is 13.2 Å². The summed E-state index contributed by atoms with van der Waals surface area (Å²) in [4.78, 5) is 0. The number of terminal acetylenes is 1. The van der Waals surface area contributed by atoms with Gasteiger partial charge in [-0.15, -0.1) is 12.3 Å². The molecule has 0 saturated carbocycles. The number of alkyl halides is 3. The molecule has 1 rings (SSSR count). The minimum atomic E-state index is -4.35. The van der Waals surface area contributed by atoms with E-state index in [0.29, 0.717) is 24.3 Å². The lowest BCUT2D eigenvalue weighted by molar-refractivity contribution is -0.137. The summed E-state index contributed by atoms with van der Waals surface area (Å²) in [7, 11) is 0. The van der Waals surface area contributed by atoms with Gasteiger partial charge in [-0.1, -0.05) is 6.92 Å². The summed E-state index contributed by atoms with van der Waals surface area (Å²) in [6, 6.07) is 3.50. The van der Waals surface area contributed by atoms with Crippen LogP contribution in [0.15, 0.2) is 18.2 Å². The van der Waals surface area contributed by atoms with Crippen LogP contribution in [-0.4, -0.2) is 6.61 Å². The molecule has 0 aliphatic carbocycles. The molecule has 0 N–H and O–H groups in total. The van der Waals surface area contributed by atoms with Crippen LogP contribution in [0.25, 0.3) is 0 Å². The largest absolute Gasteiger partial charge is 0.494 e. The molecular formula is C14H15F3O. The molecule has 0 radical (unpaired) electrons. The summed E-state index contributed by atoms with van der Waals surface area (Å²) < 4.78 is 43.3. The summed E-state index contributed by atoms with van der Waals surface area (Å²) in [6.07, 6.45) is 1.23. The molecule has 0 amide bonds. The maximum atomic E-state index is 12.7. The summed E-state index contributed by atoms with van der Waals surface area (Å²) in [5.41, 5.74) is -0.172. The number of benzene rings is 1. The lowest BCUT2D eigenvalue weighted by Gasteiger charge is -2.17. The van der Waals surface area contributed by atoms with Gasteiger partial charge in [0.1, 0.15) is 5.75 Å². The fourth-order valence-electron chi connectivity index (χ4n) is 1.68. The van der Waals surface area contributed by atoms with E-state index < -0.39 is 11.7 Å². The van der Waals surface area contributed by atoms with Gasteiger partial charge in [0.25, 0.3) is 0 Å². The van der Waals surface area contributed by atoms with Crippen molar-refractivity contribution in [3.8, 4) is 18.1 Å².